The van der Waals surface area contributed by atoms with Gasteiger partial charge in [-0.05, 0) is 24.3 Å². The molecule has 1 aliphatic rings. The van der Waals surface area contributed by atoms with Crippen LogP contribution in [-0.2, 0) is 0 Å². The lowest BCUT2D eigenvalue weighted by molar-refractivity contribution is 1.14. The topological polar surface area (TPSA) is 4.41 Å². The van der Waals surface area contributed by atoms with Crippen LogP contribution in [0.1, 0.15) is 0 Å². The van der Waals surface area contributed by atoms with Crippen molar-refractivity contribution < 1.29 is 0 Å². The van der Waals surface area contributed by atoms with Crippen molar-refractivity contribution in [1.82, 2.24) is 4.40 Å². The van der Waals surface area contributed by atoms with Crippen LogP contribution in [0.3, 0.4) is 0 Å². The van der Waals surface area contributed by atoms with Gasteiger partial charge in [0.15, 0.2) is 0 Å². The summed E-state index contributed by atoms with van der Waals surface area (Å²) < 4.78 is 2.25. The Hall–Kier alpha value is -0.890. The lowest BCUT2D eigenvalue weighted by atomic mass is 10.5. The number of aromatic nitrogens is 1. The monoisotopic (exact) mass is 161 g/mol. The SMILES string of the molecule is C1=c2c(cc3cccn23)SC1. The van der Waals surface area contributed by atoms with Crippen molar-refractivity contribution in [2.75, 3.05) is 5.75 Å². The van der Waals surface area contributed by atoms with Crippen molar-refractivity contribution in [3.05, 3.63) is 29.7 Å². The molecular weight excluding hydrogens is 154 g/mol. The van der Waals surface area contributed by atoms with Gasteiger partial charge in [0.1, 0.15) is 0 Å². The van der Waals surface area contributed by atoms with E-state index < -0.39 is 0 Å². The molecule has 0 radical (unpaired) electrons. The Kier molecular flexibility index (Phi) is 0.950. The average molecular weight is 161 g/mol. The lowest BCUT2D eigenvalue weighted by Crippen LogP contribution is -2.04. The molecule has 1 aliphatic heterocycles. The number of nitrogens with zero attached hydrogens (tertiary/aromatic N) is 1. The van der Waals surface area contributed by atoms with Crippen LogP contribution in [0, 0.1) is 0 Å². The summed E-state index contributed by atoms with van der Waals surface area (Å²) in [6, 6.07) is 6.49. The van der Waals surface area contributed by atoms with Crippen LogP contribution >= 0.6 is 11.8 Å². The van der Waals surface area contributed by atoms with Crippen LogP contribution in [0.5, 0.6) is 0 Å². The molecule has 2 aromatic heterocycles. The van der Waals surface area contributed by atoms with Gasteiger partial charge in [0.25, 0.3) is 0 Å². The van der Waals surface area contributed by atoms with E-state index in [9.17, 15) is 0 Å². The third-order valence-electron chi connectivity index (χ3n) is 2.09. The number of hydrogen-bond acceptors (Lipinski definition) is 1. The molecule has 11 heavy (non-hydrogen) atoms. The molecule has 54 valence electrons. The molecule has 0 aliphatic carbocycles. The number of fused-ring (bicyclic) bond motifs is 3. The molecule has 0 amide bonds. The molecule has 0 saturated carbocycles. The number of hydrogen-bond donors (Lipinski definition) is 0. The maximum Gasteiger partial charge on any atom is 0.0560 e. The second-order valence-corrected chi connectivity index (χ2v) is 3.77. The van der Waals surface area contributed by atoms with Gasteiger partial charge in [0.2, 0.25) is 0 Å². The van der Waals surface area contributed by atoms with Gasteiger partial charge in [-0.15, -0.1) is 11.8 Å². The van der Waals surface area contributed by atoms with Gasteiger partial charge in [-0.25, -0.2) is 0 Å². The maximum atomic E-state index is 2.28. The molecule has 2 aromatic rings. The summed E-state index contributed by atoms with van der Waals surface area (Å²) in [5, 5.41) is 1.38. The molecule has 0 fully saturated rings. The Balaban J connectivity index is 2.63. The summed E-state index contributed by atoms with van der Waals surface area (Å²) in [5.74, 6) is 1.14. The summed E-state index contributed by atoms with van der Waals surface area (Å²) >= 11 is 1.92. The fourth-order valence-corrected chi connectivity index (χ4v) is 2.54. The largest absolute Gasteiger partial charge is 0.316 e. The minimum atomic E-state index is 1.14. The van der Waals surface area contributed by atoms with E-state index in [-0.39, 0.29) is 0 Å². The molecule has 0 atom stereocenters. The van der Waals surface area contributed by atoms with Gasteiger partial charge in [0, 0.05) is 22.4 Å². The summed E-state index contributed by atoms with van der Waals surface area (Å²) in [6.07, 6.45) is 4.41. The van der Waals surface area contributed by atoms with E-state index in [2.05, 4.69) is 34.9 Å². The summed E-state index contributed by atoms with van der Waals surface area (Å²) in [4.78, 5) is 1.43. The van der Waals surface area contributed by atoms with Gasteiger partial charge < -0.3 is 4.40 Å². The Bertz CT molecular complexity index is 455. The molecule has 0 aromatic carbocycles. The first-order valence-electron chi connectivity index (χ1n) is 3.68. The van der Waals surface area contributed by atoms with Crippen molar-refractivity contribution in [1.29, 1.82) is 0 Å². The highest BCUT2D eigenvalue weighted by molar-refractivity contribution is 7.99. The molecule has 0 bridgehead atoms. The van der Waals surface area contributed by atoms with Crippen molar-refractivity contribution in [2.24, 2.45) is 0 Å². The third kappa shape index (κ3) is 0.627. The molecule has 3 rings (SSSR count). The second kappa shape index (κ2) is 1.83. The van der Waals surface area contributed by atoms with Gasteiger partial charge in [0.05, 0.1) is 5.35 Å². The quantitative estimate of drug-likeness (QED) is 0.567. The fourth-order valence-electron chi connectivity index (χ4n) is 1.58. The van der Waals surface area contributed by atoms with Crippen LogP contribution in [0.2, 0.25) is 0 Å². The number of rotatable bonds is 0. The Morgan fingerprint density at radius 1 is 1.45 bits per heavy atom. The highest BCUT2D eigenvalue weighted by atomic mass is 32.2. The van der Waals surface area contributed by atoms with Crippen LogP contribution in [0.15, 0.2) is 29.3 Å². The highest BCUT2D eigenvalue weighted by Gasteiger charge is 2.08. The first-order valence-corrected chi connectivity index (χ1v) is 4.66. The van der Waals surface area contributed by atoms with Crippen LogP contribution in [-0.4, -0.2) is 10.2 Å². The zero-order chi connectivity index (χ0) is 7.26. The van der Waals surface area contributed by atoms with Gasteiger partial charge in [-0.3, -0.25) is 0 Å². The summed E-state index contributed by atoms with van der Waals surface area (Å²) in [7, 11) is 0. The van der Waals surface area contributed by atoms with E-state index in [0.717, 1.165) is 5.75 Å². The van der Waals surface area contributed by atoms with Crippen molar-refractivity contribution in [3.63, 3.8) is 0 Å². The Labute approximate surface area is 68.7 Å². The standard InChI is InChI=1S/C9H7NS/c1-2-7-6-9-8(3-5-11-9)10(7)4-1/h1-4,6H,5H2. The minimum Gasteiger partial charge on any atom is -0.316 e. The van der Waals surface area contributed by atoms with Crippen molar-refractivity contribution >= 4 is 23.4 Å². The second-order valence-electron chi connectivity index (χ2n) is 2.71. The van der Waals surface area contributed by atoms with Gasteiger partial charge in [-0.1, -0.05) is 0 Å². The van der Waals surface area contributed by atoms with E-state index >= 15 is 0 Å². The van der Waals surface area contributed by atoms with E-state index in [1.807, 2.05) is 11.8 Å². The zero-order valence-corrected chi connectivity index (χ0v) is 6.77. The molecule has 3 heterocycles. The van der Waals surface area contributed by atoms with Gasteiger partial charge in [-0.2, -0.15) is 0 Å². The molecular formula is C9H7NS. The zero-order valence-electron chi connectivity index (χ0n) is 5.95. The lowest BCUT2D eigenvalue weighted by Gasteiger charge is -1.80. The molecule has 2 heteroatoms. The van der Waals surface area contributed by atoms with E-state index in [1.54, 1.807) is 0 Å². The van der Waals surface area contributed by atoms with Crippen molar-refractivity contribution in [3.8, 4) is 0 Å². The first kappa shape index (κ1) is 5.72. The van der Waals surface area contributed by atoms with Crippen LogP contribution in [0.4, 0.5) is 0 Å². The Morgan fingerprint density at radius 3 is 3.45 bits per heavy atom. The summed E-state index contributed by atoms with van der Waals surface area (Å²) in [5.41, 5.74) is 1.32. The van der Waals surface area contributed by atoms with Crippen molar-refractivity contribution in [2.45, 2.75) is 4.90 Å². The molecule has 1 nitrogen and oxygen atoms in total. The minimum absolute atomic E-state index is 1.14. The molecule has 0 saturated heterocycles. The fraction of sp³-hybridized carbons (Fsp3) is 0.111. The van der Waals surface area contributed by atoms with E-state index in [4.69, 9.17) is 0 Å². The molecule has 0 N–H and O–H groups in total. The maximum absolute atomic E-state index is 2.28. The van der Waals surface area contributed by atoms with E-state index in [0.29, 0.717) is 0 Å². The Morgan fingerprint density at radius 2 is 2.45 bits per heavy atom. The van der Waals surface area contributed by atoms with Gasteiger partial charge >= 0.3 is 0 Å². The predicted molar refractivity (Wildman–Crippen MR) is 47.8 cm³/mol. The number of thioether (sulfide) groups is 1. The summed E-state index contributed by atoms with van der Waals surface area (Å²) in [6.45, 7) is 0. The normalized spacial score (nSPS) is 15.3. The molecule has 0 spiro atoms. The van der Waals surface area contributed by atoms with Crippen LogP contribution < -0.4 is 5.35 Å². The highest BCUT2D eigenvalue weighted by Crippen LogP contribution is 2.21. The average Bonchev–Trinajstić information content (AvgIpc) is 2.52. The molecule has 0 unspecified atom stereocenters. The van der Waals surface area contributed by atoms with Crippen LogP contribution in [0.25, 0.3) is 11.6 Å². The smallest absolute Gasteiger partial charge is 0.0560 e. The van der Waals surface area contributed by atoms with E-state index in [1.165, 1.54) is 15.8 Å². The first-order chi connectivity index (χ1) is 5.45. The predicted octanol–water partition coefficient (Wildman–Crippen LogP) is 1.54. The third-order valence-corrected chi connectivity index (χ3v) is 3.06.